The number of rotatable bonds is 5. The molecule has 0 N–H and O–H groups in total. The molecule has 4 nitrogen and oxygen atoms in total. The lowest BCUT2D eigenvalue weighted by atomic mass is 10.2. The smallest absolute Gasteiger partial charge is 0.147 e. The van der Waals surface area contributed by atoms with Gasteiger partial charge in [-0.1, -0.05) is 6.07 Å². The monoisotopic (exact) mass is 321 g/mol. The molecule has 3 aromatic rings. The van der Waals surface area contributed by atoms with E-state index in [0.717, 1.165) is 27.6 Å². The van der Waals surface area contributed by atoms with Crippen LogP contribution in [-0.2, 0) is 5.88 Å². The summed E-state index contributed by atoms with van der Waals surface area (Å²) in [5.74, 6) is 1.99. The van der Waals surface area contributed by atoms with Gasteiger partial charge in [0.05, 0.1) is 24.0 Å². The van der Waals surface area contributed by atoms with Gasteiger partial charge in [0.2, 0.25) is 0 Å². The predicted octanol–water partition coefficient (Wildman–Crippen LogP) is 4.24. The van der Waals surface area contributed by atoms with Crippen molar-refractivity contribution in [3.8, 4) is 5.75 Å². The molecule has 0 saturated heterocycles. The van der Waals surface area contributed by atoms with Crippen LogP contribution in [0, 0.1) is 0 Å². The van der Waals surface area contributed by atoms with E-state index in [4.69, 9.17) is 16.3 Å². The lowest BCUT2D eigenvalue weighted by Crippen LogP contribution is -2.09. The standard InChI is InChI=1S/C15H16ClN3OS/c1-3-20-12-6-4-5-11-14(12)18-13(9-16)19(11)10(2)15-17-7-8-21-15/h4-8,10H,3,9H2,1-2H3. The van der Waals surface area contributed by atoms with Crippen LogP contribution >= 0.6 is 22.9 Å². The summed E-state index contributed by atoms with van der Waals surface area (Å²) in [6.45, 7) is 4.70. The van der Waals surface area contributed by atoms with E-state index in [-0.39, 0.29) is 6.04 Å². The Hall–Kier alpha value is -1.59. The Balaban J connectivity index is 2.19. The maximum atomic E-state index is 6.10. The third-order valence-corrected chi connectivity index (χ3v) is 4.56. The molecule has 0 aliphatic carbocycles. The number of nitrogens with zero attached hydrogens (tertiary/aromatic N) is 3. The van der Waals surface area contributed by atoms with Crippen LogP contribution in [0.1, 0.15) is 30.7 Å². The Labute approximate surface area is 132 Å². The Morgan fingerprint density at radius 3 is 2.95 bits per heavy atom. The summed E-state index contributed by atoms with van der Waals surface area (Å²) in [6, 6.07) is 6.07. The summed E-state index contributed by atoms with van der Waals surface area (Å²) in [6.07, 6.45) is 1.82. The van der Waals surface area contributed by atoms with Crippen molar-refractivity contribution in [2.45, 2.75) is 25.8 Å². The number of halogens is 1. The highest BCUT2D eigenvalue weighted by molar-refractivity contribution is 7.09. The lowest BCUT2D eigenvalue weighted by molar-refractivity contribution is 0.343. The first-order valence-corrected chi connectivity index (χ1v) is 8.25. The van der Waals surface area contributed by atoms with E-state index in [1.807, 2.05) is 36.7 Å². The molecule has 110 valence electrons. The van der Waals surface area contributed by atoms with E-state index in [1.165, 1.54) is 0 Å². The highest BCUT2D eigenvalue weighted by atomic mass is 35.5. The predicted molar refractivity (Wildman–Crippen MR) is 86.4 cm³/mol. The van der Waals surface area contributed by atoms with E-state index in [1.54, 1.807) is 11.3 Å². The van der Waals surface area contributed by atoms with Gasteiger partial charge in [-0.25, -0.2) is 9.97 Å². The molecule has 0 bridgehead atoms. The summed E-state index contributed by atoms with van der Waals surface area (Å²) < 4.78 is 7.81. The Morgan fingerprint density at radius 1 is 1.43 bits per heavy atom. The third-order valence-electron chi connectivity index (χ3n) is 3.37. The Morgan fingerprint density at radius 2 is 2.29 bits per heavy atom. The average Bonchev–Trinajstić information content (AvgIpc) is 3.14. The molecule has 1 atom stereocenters. The highest BCUT2D eigenvalue weighted by Crippen LogP contribution is 2.32. The fraction of sp³-hybridized carbons (Fsp3) is 0.333. The number of imidazole rings is 1. The zero-order valence-corrected chi connectivity index (χ0v) is 13.5. The van der Waals surface area contributed by atoms with Gasteiger partial charge in [-0.05, 0) is 26.0 Å². The fourth-order valence-corrected chi connectivity index (χ4v) is 3.36. The summed E-state index contributed by atoms with van der Waals surface area (Å²) >= 11 is 7.73. The van der Waals surface area contributed by atoms with Gasteiger partial charge >= 0.3 is 0 Å². The topological polar surface area (TPSA) is 39.9 Å². The maximum absolute atomic E-state index is 6.10. The SMILES string of the molecule is CCOc1cccc2c1nc(CCl)n2C(C)c1nccs1. The second-order valence-corrected chi connectivity index (χ2v) is 5.83. The zero-order valence-electron chi connectivity index (χ0n) is 11.9. The number of fused-ring (bicyclic) bond motifs is 1. The summed E-state index contributed by atoms with van der Waals surface area (Å²) in [7, 11) is 0. The van der Waals surface area contributed by atoms with Crippen LogP contribution in [0.5, 0.6) is 5.75 Å². The van der Waals surface area contributed by atoms with Crippen molar-refractivity contribution in [1.29, 1.82) is 0 Å². The normalized spacial score (nSPS) is 12.7. The first-order chi connectivity index (χ1) is 10.3. The molecule has 2 aromatic heterocycles. The van der Waals surface area contributed by atoms with Crippen molar-refractivity contribution in [1.82, 2.24) is 14.5 Å². The molecule has 0 spiro atoms. The molecule has 0 radical (unpaired) electrons. The number of aromatic nitrogens is 3. The summed E-state index contributed by atoms with van der Waals surface area (Å²) in [5.41, 5.74) is 1.89. The average molecular weight is 322 g/mol. The zero-order chi connectivity index (χ0) is 14.8. The van der Waals surface area contributed by atoms with Gasteiger partial charge in [0.15, 0.2) is 0 Å². The number of ether oxygens (including phenoxy) is 1. The van der Waals surface area contributed by atoms with E-state index in [9.17, 15) is 0 Å². The van der Waals surface area contributed by atoms with E-state index >= 15 is 0 Å². The second-order valence-electron chi connectivity index (χ2n) is 4.63. The van der Waals surface area contributed by atoms with Gasteiger partial charge in [0.1, 0.15) is 22.1 Å². The van der Waals surface area contributed by atoms with Crippen molar-refractivity contribution in [3.63, 3.8) is 0 Å². The first kappa shape index (κ1) is 14.4. The van der Waals surface area contributed by atoms with Crippen molar-refractivity contribution in [2.24, 2.45) is 0 Å². The van der Waals surface area contributed by atoms with E-state index in [2.05, 4.69) is 21.5 Å². The molecule has 6 heteroatoms. The number of benzene rings is 1. The van der Waals surface area contributed by atoms with Crippen LogP contribution in [0.15, 0.2) is 29.8 Å². The molecule has 0 aliphatic heterocycles. The first-order valence-electron chi connectivity index (χ1n) is 6.84. The lowest BCUT2D eigenvalue weighted by Gasteiger charge is -2.14. The number of hydrogen-bond donors (Lipinski definition) is 0. The molecule has 0 amide bonds. The van der Waals surface area contributed by atoms with Crippen LogP contribution in [0.25, 0.3) is 11.0 Å². The van der Waals surface area contributed by atoms with E-state index < -0.39 is 0 Å². The van der Waals surface area contributed by atoms with Gasteiger partial charge in [0.25, 0.3) is 0 Å². The second kappa shape index (κ2) is 6.03. The number of para-hydroxylation sites is 1. The molecular weight excluding hydrogens is 306 g/mol. The van der Waals surface area contributed by atoms with Crippen LogP contribution in [0.4, 0.5) is 0 Å². The van der Waals surface area contributed by atoms with Gasteiger partial charge < -0.3 is 9.30 Å². The third kappa shape index (κ3) is 2.51. The molecule has 3 rings (SSSR count). The number of hydrogen-bond acceptors (Lipinski definition) is 4. The van der Waals surface area contributed by atoms with Gasteiger partial charge in [0, 0.05) is 11.6 Å². The summed E-state index contributed by atoms with van der Waals surface area (Å²) in [4.78, 5) is 9.07. The molecule has 1 unspecified atom stereocenters. The molecule has 21 heavy (non-hydrogen) atoms. The minimum atomic E-state index is 0.0978. The molecule has 1 aromatic carbocycles. The minimum Gasteiger partial charge on any atom is -0.492 e. The highest BCUT2D eigenvalue weighted by Gasteiger charge is 2.20. The van der Waals surface area contributed by atoms with Crippen LogP contribution in [0.2, 0.25) is 0 Å². The van der Waals surface area contributed by atoms with Gasteiger partial charge in [-0.3, -0.25) is 0 Å². The molecule has 0 saturated carbocycles. The van der Waals surface area contributed by atoms with Crippen molar-refractivity contribution in [2.75, 3.05) is 6.61 Å². The number of alkyl halides is 1. The van der Waals surface area contributed by atoms with Gasteiger partial charge in [-0.2, -0.15) is 0 Å². The Kier molecular flexibility index (Phi) is 4.12. The van der Waals surface area contributed by atoms with Crippen LogP contribution in [-0.4, -0.2) is 21.1 Å². The van der Waals surface area contributed by atoms with Crippen molar-refractivity contribution >= 4 is 34.0 Å². The largest absolute Gasteiger partial charge is 0.492 e. The number of thiazole rings is 1. The van der Waals surface area contributed by atoms with Crippen molar-refractivity contribution in [3.05, 3.63) is 40.6 Å². The summed E-state index contributed by atoms with van der Waals surface area (Å²) in [5, 5.41) is 3.03. The molecule has 2 heterocycles. The maximum Gasteiger partial charge on any atom is 0.147 e. The quantitative estimate of drug-likeness (QED) is 0.660. The minimum absolute atomic E-state index is 0.0978. The molecule has 0 fully saturated rings. The van der Waals surface area contributed by atoms with Gasteiger partial charge in [-0.15, -0.1) is 22.9 Å². The fourth-order valence-electron chi connectivity index (χ4n) is 2.49. The van der Waals surface area contributed by atoms with Crippen LogP contribution in [0.3, 0.4) is 0 Å². The van der Waals surface area contributed by atoms with E-state index in [0.29, 0.717) is 12.5 Å². The molecular formula is C15H16ClN3OS. The van der Waals surface area contributed by atoms with Crippen LogP contribution < -0.4 is 4.74 Å². The Bertz CT molecular complexity index is 739. The van der Waals surface area contributed by atoms with Crippen molar-refractivity contribution < 1.29 is 4.74 Å². The molecule has 0 aliphatic rings.